The lowest BCUT2D eigenvalue weighted by Crippen LogP contribution is -2.46. The predicted octanol–water partition coefficient (Wildman–Crippen LogP) is 2.63. The van der Waals surface area contributed by atoms with Gasteiger partial charge in [0.15, 0.2) is 11.5 Å². The Hall–Kier alpha value is -1.55. The lowest BCUT2D eigenvalue weighted by molar-refractivity contribution is -0.129. The summed E-state index contributed by atoms with van der Waals surface area (Å²) in [6.07, 6.45) is 2.34. The lowest BCUT2D eigenvalue weighted by atomic mass is 9.80. The first-order valence-corrected chi connectivity index (χ1v) is 7.77. The Bertz CT molecular complexity index is 567. The van der Waals surface area contributed by atoms with Gasteiger partial charge in [0.1, 0.15) is 5.78 Å². The van der Waals surface area contributed by atoms with Crippen LogP contribution in [0.15, 0.2) is 12.1 Å². The zero-order valence-electron chi connectivity index (χ0n) is 12.7. The van der Waals surface area contributed by atoms with Crippen LogP contribution in [-0.4, -0.2) is 34.0 Å². The quantitative estimate of drug-likeness (QED) is 0.822. The summed E-state index contributed by atoms with van der Waals surface area (Å²) >= 11 is 0. The first-order valence-electron chi connectivity index (χ1n) is 7.77. The Morgan fingerprint density at radius 1 is 1.29 bits per heavy atom. The fourth-order valence-corrected chi connectivity index (χ4v) is 3.75. The van der Waals surface area contributed by atoms with E-state index in [1.807, 2.05) is 0 Å². The Balaban J connectivity index is 1.87. The molecule has 0 saturated carbocycles. The summed E-state index contributed by atoms with van der Waals surface area (Å²) in [5.41, 5.74) is 2.06. The Kier molecular flexibility index (Phi) is 3.66. The van der Waals surface area contributed by atoms with Gasteiger partial charge in [-0.05, 0) is 42.0 Å². The molecule has 0 spiro atoms. The molecule has 1 fully saturated rings. The molecule has 2 aliphatic rings. The summed E-state index contributed by atoms with van der Waals surface area (Å²) in [6, 6.07) is 3.35. The number of phenolic OH excluding ortho intramolecular Hbond substituents is 2. The van der Waals surface area contributed by atoms with Crippen molar-refractivity contribution in [3.05, 3.63) is 23.3 Å². The number of nitrogens with zero attached hydrogens (tertiary/aromatic N) is 1. The van der Waals surface area contributed by atoms with Gasteiger partial charge in [-0.25, -0.2) is 0 Å². The van der Waals surface area contributed by atoms with Gasteiger partial charge in [0, 0.05) is 31.5 Å². The van der Waals surface area contributed by atoms with E-state index >= 15 is 0 Å². The van der Waals surface area contributed by atoms with E-state index in [0.717, 1.165) is 37.1 Å². The van der Waals surface area contributed by atoms with Crippen LogP contribution < -0.4 is 0 Å². The maximum Gasteiger partial charge on any atom is 0.157 e. The number of phenols is 2. The molecule has 4 heteroatoms. The van der Waals surface area contributed by atoms with Crippen LogP contribution >= 0.6 is 0 Å². The number of fused-ring (bicyclic) bond motifs is 3. The van der Waals surface area contributed by atoms with Gasteiger partial charge < -0.3 is 10.2 Å². The van der Waals surface area contributed by atoms with E-state index < -0.39 is 0 Å². The van der Waals surface area contributed by atoms with Crippen LogP contribution in [0, 0.1) is 11.8 Å². The second-order valence-electron chi connectivity index (χ2n) is 6.80. The molecule has 1 aromatic carbocycles. The van der Waals surface area contributed by atoms with Crippen LogP contribution in [0.3, 0.4) is 0 Å². The third-order valence-corrected chi connectivity index (χ3v) is 4.77. The highest BCUT2D eigenvalue weighted by Gasteiger charge is 2.38. The highest BCUT2D eigenvalue weighted by molar-refractivity contribution is 5.83. The van der Waals surface area contributed by atoms with Gasteiger partial charge in [0.25, 0.3) is 0 Å². The second-order valence-corrected chi connectivity index (χ2v) is 6.80. The molecule has 2 heterocycles. The van der Waals surface area contributed by atoms with Crippen molar-refractivity contribution in [2.45, 2.75) is 39.2 Å². The number of rotatable bonds is 2. The zero-order valence-corrected chi connectivity index (χ0v) is 12.7. The van der Waals surface area contributed by atoms with Gasteiger partial charge in [-0.15, -0.1) is 0 Å². The minimum absolute atomic E-state index is 0.0659. The molecule has 21 heavy (non-hydrogen) atoms. The number of Topliss-reactive ketones (excluding diaryl/α,β-unsaturated/α-hetero) is 1. The summed E-state index contributed by atoms with van der Waals surface area (Å²) in [5, 5.41) is 19.4. The number of piperidine rings is 1. The van der Waals surface area contributed by atoms with Gasteiger partial charge in [-0.1, -0.05) is 13.8 Å². The number of benzene rings is 1. The zero-order chi connectivity index (χ0) is 15.1. The van der Waals surface area contributed by atoms with Crippen LogP contribution in [0.4, 0.5) is 0 Å². The highest BCUT2D eigenvalue weighted by Crippen LogP contribution is 2.41. The van der Waals surface area contributed by atoms with Crippen LogP contribution in [-0.2, 0) is 11.2 Å². The van der Waals surface area contributed by atoms with Crippen molar-refractivity contribution in [3.63, 3.8) is 0 Å². The SMILES string of the molecule is CC(C)C[C@@H]1CN2CCc3cc(O)c(O)cc3C2CC1=O. The van der Waals surface area contributed by atoms with Gasteiger partial charge in [-0.2, -0.15) is 0 Å². The first kappa shape index (κ1) is 14.4. The molecule has 0 bridgehead atoms. The first-order chi connectivity index (χ1) is 9.95. The maximum atomic E-state index is 12.4. The number of carbonyl (C=O) groups excluding carboxylic acids is 1. The third kappa shape index (κ3) is 2.64. The van der Waals surface area contributed by atoms with E-state index in [9.17, 15) is 15.0 Å². The Morgan fingerprint density at radius 2 is 2.00 bits per heavy atom. The minimum atomic E-state index is -0.0904. The molecule has 1 aromatic rings. The number of aromatic hydroxyl groups is 2. The molecule has 0 radical (unpaired) electrons. The average molecular weight is 289 g/mol. The third-order valence-electron chi connectivity index (χ3n) is 4.77. The van der Waals surface area contributed by atoms with E-state index in [4.69, 9.17) is 0 Å². The van der Waals surface area contributed by atoms with Crippen LogP contribution in [0.25, 0.3) is 0 Å². The van der Waals surface area contributed by atoms with Gasteiger partial charge in [0.2, 0.25) is 0 Å². The summed E-state index contributed by atoms with van der Waals surface area (Å²) in [7, 11) is 0. The number of carbonyl (C=O) groups is 1. The monoisotopic (exact) mass is 289 g/mol. The largest absolute Gasteiger partial charge is 0.504 e. The number of ketones is 1. The molecule has 2 atom stereocenters. The fraction of sp³-hybridized carbons (Fsp3) is 0.588. The highest BCUT2D eigenvalue weighted by atomic mass is 16.3. The molecule has 0 amide bonds. The van der Waals surface area contributed by atoms with E-state index in [-0.39, 0.29) is 23.5 Å². The van der Waals surface area contributed by atoms with Crippen molar-refractivity contribution in [1.82, 2.24) is 4.90 Å². The van der Waals surface area contributed by atoms with Crippen LogP contribution in [0.5, 0.6) is 11.5 Å². The molecule has 0 aromatic heterocycles. The summed E-state index contributed by atoms with van der Waals surface area (Å²) < 4.78 is 0. The van der Waals surface area contributed by atoms with Gasteiger partial charge >= 0.3 is 0 Å². The lowest BCUT2D eigenvalue weighted by Gasteiger charge is -2.43. The van der Waals surface area contributed by atoms with Crippen molar-refractivity contribution in [2.75, 3.05) is 13.1 Å². The number of hydrogen-bond acceptors (Lipinski definition) is 4. The Labute approximate surface area is 125 Å². The minimum Gasteiger partial charge on any atom is -0.504 e. The van der Waals surface area contributed by atoms with E-state index in [2.05, 4.69) is 18.7 Å². The molecule has 2 N–H and O–H groups in total. The molecule has 2 aliphatic heterocycles. The van der Waals surface area contributed by atoms with Crippen molar-refractivity contribution >= 4 is 5.78 Å². The molecule has 1 saturated heterocycles. The van der Waals surface area contributed by atoms with Crippen molar-refractivity contribution in [1.29, 1.82) is 0 Å². The van der Waals surface area contributed by atoms with Crippen molar-refractivity contribution < 1.29 is 15.0 Å². The van der Waals surface area contributed by atoms with Gasteiger partial charge in [-0.3, -0.25) is 9.69 Å². The normalized spacial score (nSPS) is 25.8. The van der Waals surface area contributed by atoms with Gasteiger partial charge in [0.05, 0.1) is 0 Å². The molecular formula is C17H23NO3. The molecular weight excluding hydrogens is 266 g/mol. The van der Waals surface area contributed by atoms with Crippen molar-refractivity contribution in [3.8, 4) is 11.5 Å². The summed E-state index contributed by atoms with van der Waals surface area (Å²) in [6.45, 7) is 6.06. The maximum absolute atomic E-state index is 12.4. The topological polar surface area (TPSA) is 60.8 Å². The number of hydrogen-bond donors (Lipinski definition) is 2. The molecule has 3 rings (SSSR count). The Morgan fingerprint density at radius 3 is 2.71 bits per heavy atom. The van der Waals surface area contributed by atoms with E-state index in [1.54, 1.807) is 12.1 Å². The summed E-state index contributed by atoms with van der Waals surface area (Å²) in [5.74, 6) is 0.863. The van der Waals surface area contributed by atoms with Crippen molar-refractivity contribution in [2.24, 2.45) is 11.8 Å². The smallest absolute Gasteiger partial charge is 0.157 e. The molecule has 4 nitrogen and oxygen atoms in total. The second kappa shape index (κ2) is 5.34. The molecule has 1 unspecified atom stereocenters. The van der Waals surface area contributed by atoms with E-state index in [0.29, 0.717) is 18.1 Å². The van der Waals surface area contributed by atoms with Crippen LogP contribution in [0.2, 0.25) is 0 Å². The molecule has 114 valence electrons. The van der Waals surface area contributed by atoms with E-state index in [1.165, 1.54) is 0 Å². The molecule has 0 aliphatic carbocycles. The van der Waals surface area contributed by atoms with Crippen LogP contribution in [0.1, 0.15) is 43.9 Å². The standard InChI is InChI=1S/C17H23NO3/c1-10(2)5-12-9-18-4-3-11-6-16(20)17(21)7-13(11)14(18)8-15(12)19/h6-7,10,12,14,20-21H,3-5,8-9H2,1-2H3/t12-,14?/m1/s1. The summed E-state index contributed by atoms with van der Waals surface area (Å²) in [4.78, 5) is 14.8. The fourth-order valence-electron chi connectivity index (χ4n) is 3.75. The average Bonchev–Trinajstić information content (AvgIpc) is 2.41. The predicted molar refractivity (Wildman–Crippen MR) is 80.4 cm³/mol.